The summed E-state index contributed by atoms with van der Waals surface area (Å²) in [6.45, 7) is 0. The molecule has 0 aliphatic carbocycles. The van der Waals surface area contributed by atoms with Gasteiger partial charge in [0.1, 0.15) is 17.9 Å². The van der Waals surface area contributed by atoms with Crippen LogP contribution in [0.25, 0.3) is 5.69 Å². The van der Waals surface area contributed by atoms with E-state index in [0.717, 1.165) is 11.4 Å². The number of rotatable bonds is 6. The average Bonchev–Trinajstić information content (AvgIpc) is 3.10. The summed E-state index contributed by atoms with van der Waals surface area (Å²) in [7, 11) is 1.61. The zero-order valence-electron chi connectivity index (χ0n) is 13.3. The van der Waals surface area contributed by atoms with Gasteiger partial charge in [-0.25, -0.2) is 4.39 Å². The number of carbonyl (C=O) groups excluding carboxylic acids is 1. The molecule has 0 saturated carbocycles. The number of thioether (sulfide) groups is 1. The van der Waals surface area contributed by atoms with Crippen molar-refractivity contribution in [1.29, 1.82) is 0 Å². The second-order valence-electron chi connectivity index (χ2n) is 5.03. The van der Waals surface area contributed by atoms with E-state index < -0.39 is 0 Å². The summed E-state index contributed by atoms with van der Waals surface area (Å²) in [5.74, 6) is 0.359. The Labute approximate surface area is 148 Å². The van der Waals surface area contributed by atoms with E-state index in [1.165, 1.54) is 36.0 Å². The fraction of sp³-hybridized carbons (Fsp3) is 0.118. The Bertz CT molecular complexity index is 850. The zero-order valence-corrected chi connectivity index (χ0v) is 14.2. The number of anilines is 1. The largest absolute Gasteiger partial charge is 0.497 e. The first-order valence-corrected chi connectivity index (χ1v) is 8.37. The molecule has 0 aliphatic heterocycles. The highest BCUT2D eigenvalue weighted by Crippen LogP contribution is 2.21. The third-order valence-electron chi connectivity index (χ3n) is 3.33. The number of nitrogens with zero attached hydrogens (tertiary/aromatic N) is 3. The molecule has 0 spiro atoms. The minimum Gasteiger partial charge on any atom is -0.497 e. The zero-order chi connectivity index (χ0) is 17.6. The van der Waals surface area contributed by atoms with Crippen LogP contribution in [0.3, 0.4) is 0 Å². The molecule has 25 heavy (non-hydrogen) atoms. The smallest absolute Gasteiger partial charge is 0.234 e. The van der Waals surface area contributed by atoms with Crippen molar-refractivity contribution in [2.75, 3.05) is 18.2 Å². The predicted octanol–water partition coefficient (Wildman–Crippen LogP) is 3.15. The molecule has 3 rings (SSSR count). The first-order chi connectivity index (χ1) is 12.2. The summed E-state index contributed by atoms with van der Waals surface area (Å²) in [4.78, 5) is 12.0. The molecule has 2 aromatic carbocycles. The van der Waals surface area contributed by atoms with Crippen LogP contribution in [0.4, 0.5) is 10.1 Å². The van der Waals surface area contributed by atoms with Crippen molar-refractivity contribution in [3.8, 4) is 11.4 Å². The van der Waals surface area contributed by atoms with Crippen LogP contribution in [-0.4, -0.2) is 33.5 Å². The number of ether oxygens (including phenoxy) is 1. The molecule has 3 aromatic rings. The van der Waals surface area contributed by atoms with E-state index in [0.29, 0.717) is 10.8 Å². The fourth-order valence-electron chi connectivity index (χ4n) is 2.10. The number of benzene rings is 2. The molecule has 128 valence electrons. The summed E-state index contributed by atoms with van der Waals surface area (Å²) in [6, 6.07) is 13.0. The molecule has 0 unspecified atom stereocenters. The van der Waals surface area contributed by atoms with Crippen molar-refractivity contribution in [3.05, 3.63) is 60.7 Å². The second kappa shape index (κ2) is 7.80. The van der Waals surface area contributed by atoms with Crippen LogP contribution >= 0.6 is 11.8 Å². The lowest BCUT2D eigenvalue weighted by molar-refractivity contribution is -0.113. The maximum absolute atomic E-state index is 12.9. The van der Waals surface area contributed by atoms with Gasteiger partial charge in [-0.2, -0.15) is 0 Å². The van der Waals surface area contributed by atoms with Gasteiger partial charge >= 0.3 is 0 Å². The molecule has 6 nitrogen and oxygen atoms in total. The highest BCUT2D eigenvalue weighted by atomic mass is 32.2. The molecular formula is C17H15FN4O2S. The molecule has 0 bridgehead atoms. The summed E-state index contributed by atoms with van der Waals surface area (Å²) < 4.78 is 19.8. The minimum atomic E-state index is -0.347. The van der Waals surface area contributed by atoms with Crippen molar-refractivity contribution in [2.45, 2.75) is 5.16 Å². The summed E-state index contributed by atoms with van der Waals surface area (Å²) in [5, 5.41) is 11.2. The topological polar surface area (TPSA) is 69.0 Å². The lowest BCUT2D eigenvalue weighted by Crippen LogP contribution is -2.14. The number of halogens is 1. The monoisotopic (exact) mass is 358 g/mol. The van der Waals surface area contributed by atoms with Gasteiger partial charge in [0.05, 0.1) is 12.9 Å². The van der Waals surface area contributed by atoms with Gasteiger partial charge < -0.3 is 10.1 Å². The van der Waals surface area contributed by atoms with E-state index in [2.05, 4.69) is 15.5 Å². The predicted molar refractivity (Wildman–Crippen MR) is 93.7 cm³/mol. The molecule has 8 heteroatoms. The Morgan fingerprint density at radius 1 is 1.20 bits per heavy atom. The average molecular weight is 358 g/mol. The Hall–Kier alpha value is -2.87. The quantitative estimate of drug-likeness (QED) is 0.686. The van der Waals surface area contributed by atoms with Gasteiger partial charge in [-0.3, -0.25) is 9.36 Å². The van der Waals surface area contributed by atoms with E-state index in [1.807, 2.05) is 24.3 Å². The lowest BCUT2D eigenvalue weighted by Gasteiger charge is -2.08. The molecule has 1 aromatic heterocycles. The minimum absolute atomic E-state index is 0.159. The summed E-state index contributed by atoms with van der Waals surface area (Å²) >= 11 is 1.26. The standard InChI is InChI=1S/C17H15FN4O2S/c1-24-15-8-6-14(7-9-15)22-11-19-21-17(22)25-10-16(23)20-13-4-2-12(18)3-5-13/h2-9,11H,10H2,1H3,(H,20,23). The Morgan fingerprint density at radius 3 is 2.60 bits per heavy atom. The molecule has 0 atom stereocenters. The number of nitrogens with one attached hydrogen (secondary N) is 1. The van der Waals surface area contributed by atoms with Crippen molar-refractivity contribution in [2.24, 2.45) is 0 Å². The Kier molecular flexibility index (Phi) is 5.30. The molecule has 0 fully saturated rings. The van der Waals surface area contributed by atoms with Crippen LogP contribution < -0.4 is 10.1 Å². The van der Waals surface area contributed by atoms with Crippen LogP contribution in [0, 0.1) is 5.82 Å². The van der Waals surface area contributed by atoms with Gasteiger partial charge in [-0.05, 0) is 48.5 Å². The number of methoxy groups -OCH3 is 1. The molecule has 1 heterocycles. The summed E-state index contributed by atoms with van der Waals surface area (Å²) in [6.07, 6.45) is 1.59. The van der Waals surface area contributed by atoms with Gasteiger partial charge in [0.15, 0.2) is 5.16 Å². The van der Waals surface area contributed by atoms with Crippen molar-refractivity contribution in [1.82, 2.24) is 14.8 Å². The van der Waals surface area contributed by atoms with Crippen molar-refractivity contribution >= 4 is 23.4 Å². The molecule has 0 saturated heterocycles. The van der Waals surface area contributed by atoms with Gasteiger partial charge in [0.2, 0.25) is 5.91 Å². The first-order valence-electron chi connectivity index (χ1n) is 7.38. The van der Waals surface area contributed by atoms with Gasteiger partial charge in [0, 0.05) is 11.4 Å². The van der Waals surface area contributed by atoms with Crippen LogP contribution in [0.2, 0.25) is 0 Å². The van der Waals surface area contributed by atoms with Crippen LogP contribution in [0.1, 0.15) is 0 Å². The van der Waals surface area contributed by atoms with Crippen molar-refractivity contribution < 1.29 is 13.9 Å². The number of hydrogen-bond donors (Lipinski definition) is 1. The van der Waals surface area contributed by atoms with Crippen LogP contribution in [0.5, 0.6) is 5.75 Å². The van der Waals surface area contributed by atoms with E-state index in [4.69, 9.17) is 4.74 Å². The van der Waals surface area contributed by atoms with E-state index in [9.17, 15) is 9.18 Å². The third kappa shape index (κ3) is 4.36. The Balaban J connectivity index is 1.62. The molecular weight excluding hydrogens is 343 g/mol. The van der Waals surface area contributed by atoms with E-state index in [-0.39, 0.29) is 17.5 Å². The van der Waals surface area contributed by atoms with E-state index >= 15 is 0 Å². The van der Waals surface area contributed by atoms with Gasteiger partial charge in [-0.1, -0.05) is 11.8 Å². The Morgan fingerprint density at radius 2 is 1.92 bits per heavy atom. The van der Waals surface area contributed by atoms with Gasteiger partial charge in [-0.15, -0.1) is 10.2 Å². The highest BCUT2D eigenvalue weighted by molar-refractivity contribution is 7.99. The first kappa shape index (κ1) is 17.0. The summed E-state index contributed by atoms with van der Waals surface area (Å²) in [5.41, 5.74) is 1.41. The molecule has 1 N–H and O–H groups in total. The molecule has 1 amide bonds. The number of hydrogen-bond acceptors (Lipinski definition) is 5. The number of amides is 1. The molecule has 0 aliphatic rings. The normalized spacial score (nSPS) is 10.5. The highest BCUT2D eigenvalue weighted by Gasteiger charge is 2.10. The lowest BCUT2D eigenvalue weighted by atomic mass is 10.3. The van der Waals surface area contributed by atoms with Gasteiger partial charge in [0.25, 0.3) is 0 Å². The maximum Gasteiger partial charge on any atom is 0.234 e. The van der Waals surface area contributed by atoms with Crippen LogP contribution in [-0.2, 0) is 4.79 Å². The fourth-order valence-corrected chi connectivity index (χ4v) is 2.83. The SMILES string of the molecule is COc1ccc(-n2cnnc2SCC(=O)Nc2ccc(F)cc2)cc1. The second-order valence-corrected chi connectivity index (χ2v) is 5.97. The van der Waals surface area contributed by atoms with Crippen molar-refractivity contribution in [3.63, 3.8) is 0 Å². The maximum atomic E-state index is 12.9. The van der Waals surface area contributed by atoms with Crippen LogP contribution in [0.15, 0.2) is 60.0 Å². The molecule has 0 radical (unpaired) electrons. The number of carbonyl (C=O) groups is 1. The third-order valence-corrected chi connectivity index (χ3v) is 4.27. The number of aromatic nitrogens is 3. The van der Waals surface area contributed by atoms with E-state index in [1.54, 1.807) is 18.0 Å².